The van der Waals surface area contributed by atoms with Gasteiger partial charge in [0.25, 0.3) is 0 Å². The number of hydrogen-bond acceptors (Lipinski definition) is 6. The number of amides is 2. The number of nitriles is 1. The van der Waals surface area contributed by atoms with Crippen molar-refractivity contribution in [1.82, 2.24) is 5.32 Å². The van der Waals surface area contributed by atoms with E-state index in [1.165, 1.54) is 12.1 Å². The molecule has 2 aromatic carbocycles. The lowest BCUT2D eigenvalue weighted by molar-refractivity contribution is -0.133. The van der Waals surface area contributed by atoms with Crippen LogP contribution in [0.5, 0.6) is 0 Å². The van der Waals surface area contributed by atoms with E-state index in [0.717, 1.165) is 11.1 Å². The van der Waals surface area contributed by atoms with Crippen LogP contribution in [0.25, 0.3) is 11.1 Å². The molecule has 3 N–H and O–H groups in total. The number of nitrogens with one attached hydrogen (secondary N) is 1. The van der Waals surface area contributed by atoms with Crippen LogP contribution < -0.4 is 11.1 Å². The van der Waals surface area contributed by atoms with Gasteiger partial charge in [-0.2, -0.15) is 5.26 Å². The van der Waals surface area contributed by atoms with Crippen molar-refractivity contribution in [2.45, 2.75) is 57.6 Å². The van der Waals surface area contributed by atoms with Crippen LogP contribution in [0, 0.1) is 23.1 Å². The number of benzene rings is 2. The quantitative estimate of drug-likeness (QED) is 0.552. The first kappa shape index (κ1) is 27.8. The smallest absolute Gasteiger partial charge is 0.408 e. The number of halogens is 1. The zero-order valence-corrected chi connectivity index (χ0v) is 21.3. The van der Waals surface area contributed by atoms with Crippen LogP contribution in [0.2, 0.25) is 0 Å². The Morgan fingerprint density at radius 1 is 1.14 bits per heavy atom. The van der Waals surface area contributed by atoms with Gasteiger partial charge in [0.05, 0.1) is 5.56 Å². The lowest BCUT2D eigenvalue weighted by Gasteiger charge is -2.37. The molecule has 0 unspecified atom stereocenters. The summed E-state index contributed by atoms with van der Waals surface area (Å²) in [4.78, 5) is 38.3. The second kappa shape index (κ2) is 11.5. The van der Waals surface area contributed by atoms with Crippen LogP contribution >= 0.6 is 0 Å². The fourth-order valence-electron chi connectivity index (χ4n) is 4.29. The molecule has 9 heteroatoms. The maximum absolute atomic E-state index is 13.6. The Labute approximate surface area is 215 Å². The molecule has 1 aliphatic heterocycles. The number of carbonyl (C=O) groups is 3. The van der Waals surface area contributed by atoms with Gasteiger partial charge in [0.1, 0.15) is 23.0 Å². The van der Waals surface area contributed by atoms with Gasteiger partial charge in [-0.25, -0.2) is 9.18 Å². The van der Waals surface area contributed by atoms with Crippen molar-refractivity contribution in [3.63, 3.8) is 0 Å². The molecule has 0 aliphatic carbocycles. The van der Waals surface area contributed by atoms with Gasteiger partial charge in [0.2, 0.25) is 5.91 Å². The molecular weight excluding hydrogens is 477 g/mol. The van der Waals surface area contributed by atoms with Crippen LogP contribution in [-0.2, 0) is 25.5 Å². The molecule has 8 nitrogen and oxygen atoms in total. The highest BCUT2D eigenvalue weighted by Gasteiger charge is 2.43. The Morgan fingerprint density at radius 2 is 1.76 bits per heavy atom. The molecule has 2 aromatic rings. The average Bonchev–Trinajstić information content (AvgIpc) is 2.83. The van der Waals surface area contributed by atoms with E-state index in [1.54, 1.807) is 51.1 Å². The maximum atomic E-state index is 13.6. The Kier molecular flexibility index (Phi) is 8.66. The van der Waals surface area contributed by atoms with Gasteiger partial charge in [-0.1, -0.05) is 30.3 Å². The standard InChI is InChI=1S/C28H32FN3O5/c1-27(2,3)37-26(35)32-28(10-12-36-13-11-28)24(33)16-21(25(31)34)14-18-4-6-19(7-5-18)20-8-9-23(29)22(15-20)17-30/h4-9,15,21H,10-14,16H2,1-3H3,(H2,31,34)(H,32,35)/t21-/m1/s1. The number of carbonyl (C=O) groups excluding carboxylic acids is 3. The highest BCUT2D eigenvalue weighted by molar-refractivity contribution is 5.94. The zero-order valence-electron chi connectivity index (χ0n) is 21.3. The number of nitrogens with zero attached hydrogens (tertiary/aromatic N) is 1. The van der Waals surface area contributed by atoms with Crippen molar-refractivity contribution in [3.05, 3.63) is 59.4 Å². The average molecular weight is 510 g/mol. The maximum Gasteiger partial charge on any atom is 0.408 e. The van der Waals surface area contributed by atoms with E-state index in [0.29, 0.717) is 18.8 Å². The van der Waals surface area contributed by atoms with Crippen LogP contribution in [0.3, 0.4) is 0 Å². The molecule has 0 saturated carbocycles. The Hall–Kier alpha value is -3.77. The molecule has 1 heterocycles. The van der Waals surface area contributed by atoms with Crippen molar-refractivity contribution >= 4 is 17.8 Å². The van der Waals surface area contributed by atoms with Crippen LogP contribution in [0.4, 0.5) is 9.18 Å². The topological polar surface area (TPSA) is 132 Å². The molecule has 0 bridgehead atoms. The number of ketones is 1. The van der Waals surface area contributed by atoms with Crippen LogP contribution in [-0.4, -0.2) is 42.1 Å². The summed E-state index contributed by atoms with van der Waals surface area (Å²) in [5.41, 5.74) is 5.93. The lowest BCUT2D eigenvalue weighted by atomic mass is 9.80. The molecule has 0 radical (unpaired) electrons. The van der Waals surface area contributed by atoms with E-state index in [9.17, 15) is 18.8 Å². The van der Waals surface area contributed by atoms with Gasteiger partial charge in [-0.3, -0.25) is 9.59 Å². The van der Waals surface area contributed by atoms with Gasteiger partial charge < -0.3 is 20.5 Å². The Balaban J connectivity index is 1.74. The molecule has 0 aromatic heterocycles. The van der Waals surface area contributed by atoms with E-state index in [-0.39, 0.29) is 37.0 Å². The molecule has 1 aliphatic rings. The van der Waals surface area contributed by atoms with Gasteiger partial charge >= 0.3 is 6.09 Å². The summed E-state index contributed by atoms with van der Waals surface area (Å²) in [7, 11) is 0. The molecule has 1 fully saturated rings. The van der Waals surface area contributed by atoms with Gasteiger partial charge in [0, 0.05) is 38.4 Å². The van der Waals surface area contributed by atoms with Crippen molar-refractivity contribution < 1.29 is 28.2 Å². The number of hydrogen-bond donors (Lipinski definition) is 2. The molecule has 0 spiro atoms. The van der Waals surface area contributed by atoms with Gasteiger partial charge in [0.15, 0.2) is 5.78 Å². The fraction of sp³-hybridized carbons (Fsp3) is 0.429. The number of rotatable bonds is 8. The minimum atomic E-state index is -1.20. The van der Waals surface area contributed by atoms with E-state index in [1.807, 2.05) is 6.07 Å². The third-order valence-electron chi connectivity index (χ3n) is 6.31. The van der Waals surface area contributed by atoms with Crippen molar-refractivity contribution in [1.29, 1.82) is 5.26 Å². The fourth-order valence-corrected chi connectivity index (χ4v) is 4.29. The second-order valence-electron chi connectivity index (χ2n) is 10.3. The monoisotopic (exact) mass is 509 g/mol. The summed E-state index contributed by atoms with van der Waals surface area (Å²) in [6.45, 7) is 5.79. The number of nitrogens with two attached hydrogens (primary N) is 1. The van der Waals surface area contributed by atoms with E-state index in [4.69, 9.17) is 20.5 Å². The summed E-state index contributed by atoms with van der Waals surface area (Å²) >= 11 is 0. The first-order valence-corrected chi connectivity index (χ1v) is 12.1. The summed E-state index contributed by atoms with van der Waals surface area (Å²) < 4.78 is 24.4. The zero-order chi connectivity index (χ0) is 27.2. The Morgan fingerprint density at radius 3 is 2.32 bits per heavy atom. The van der Waals surface area contributed by atoms with Crippen LogP contribution in [0.15, 0.2) is 42.5 Å². The molecule has 2 amide bonds. The number of ether oxygens (including phenoxy) is 2. The molecule has 37 heavy (non-hydrogen) atoms. The van der Waals surface area contributed by atoms with Crippen molar-refractivity contribution in [2.24, 2.45) is 11.7 Å². The first-order valence-electron chi connectivity index (χ1n) is 12.1. The van der Waals surface area contributed by atoms with Gasteiger partial charge in [-0.05, 0) is 56.0 Å². The molecule has 1 saturated heterocycles. The lowest BCUT2D eigenvalue weighted by Crippen LogP contribution is -2.58. The van der Waals surface area contributed by atoms with E-state index >= 15 is 0 Å². The summed E-state index contributed by atoms with van der Waals surface area (Å²) in [6.07, 6.45) is -0.0699. The highest BCUT2D eigenvalue weighted by atomic mass is 19.1. The highest BCUT2D eigenvalue weighted by Crippen LogP contribution is 2.28. The number of Topliss-reactive ketones (excluding diaryl/α,β-unsaturated/α-hetero) is 1. The SMILES string of the molecule is CC(C)(C)OC(=O)NC1(C(=O)C[C@@H](Cc2ccc(-c3ccc(F)c(C#N)c3)cc2)C(N)=O)CCOCC1. The minimum Gasteiger partial charge on any atom is -0.444 e. The van der Waals surface area contributed by atoms with Crippen molar-refractivity contribution in [3.8, 4) is 17.2 Å². The molecule has 196 valence electrons. The predicted octanol–water partition coefficient (Wildman–Crippen LogP) is 4.04. The Bertz CT molecular complexity index is 1190. The van der Waals surface area contributed by atoms with Crippen LogP contribution in [0.1, 0.15) is 51.2 Å². The third kappa shape index (κ3) is 7.37. The van der Waals surface area contributed by atoms with E-state index in [2.05, 4.69) is 5.32 Å². The number of primary amides is 1. The normalized spacial score (nSPS) is 15.8. The first-order chi connectivity index (χ1) is 17.4. The molecule has 3 rings (SSSR count). The summed E-state index contributed by atoms with van der Waals surface area (Å²) in [5.74, 6) is -2.28. The number of alkyl carbamates (subject to hydrolysis) is 1. The largest absolute Gasteiger partial charge is 0.444 e. The molecule has 1 atom stereocenters. The summed E-state index contributed by atoms with van der Waals surface area (Å²) in [6, 6.07) is 13.3. The molecular formula is C28H32FN3O5. The third-order valence-corrected chi connectivity index (χ3v) is 6.31. The second-order valence-corrected chi connectivity index (χ2v) is 10.3. The predicted molar refractivity (Wildman–Crippen MR) is 135 cm³/mol. The summed E-state index contributed by atoms with van der Waals surface area (Å²) in [5, 5.41) is 11.8. The van der Waals surface area contributed by atoms with Crippen molar-refractivity contribution in [2.75, 3.05) is 13.2 Å². The minimum absolute atomic E-state index is 0.0454. The van der Waals surface area contributed by atoms with E-state index < -0.39 is 34.9 Å². The van der Waals surface area contributed by atoms with Gasteiger partial charge in [-0.15, -0.1) is 0 Å².